The standard InChI is InChI=1S/C18H25ClN4O.ClH/c19-15-6-2-1-4-12(15)10-13-5-3-9-23(13)18(24)17-14-11-20-8-7-16(14)21-22-17;/h1-2,4,6,13-14,16-17,20-22H,3,5,7-11H2;1H. The molecule has 1 amide bonds. The zero-order chi connectivity index (χ0) is 16.5. The van der Waals surface area contributed by atoms with Crippen molar-refractivity contribution >= 4 is 29.9 Å². The van der Waals surface area contributed by atoms with Gasteiger partial charge in [-0.1, -0.05) is 29.8 Å². The Labute approximate surface area is 160 Å². The summed E-state index contributed by atoms with van der Waals surface area (Å²) in [6.45, 7) is 2.79. The Kier molecular flexibility index (Phi) is 6.23. The van der Waals surface area contributed by atoms with E-state index in [1.807, 2.05) is 18.2 Å². The maximum absolute atomic E-state index is 13.2. The molecule has 1 aromatic rings. The summed E-state index contributed by atoms with van der Waals surface area (Å²) >= 11 is 6.31. The Hall–Kier alpha value is -0.850. The molecule has 138 valence electrons. The maximum atomic E-state index is 13.2. The summed E-state index contributed by atoms with van der Waals surface area (Å²) in [5.41, 5.74) is 7.73. The van der Waals surface area contributed by atoms with Crippen LogP contribution in [0.1, 0.15) is 24.8 Å². The molecule has 1 aromatic carbocycles. The molecule has 4 unspecified atom stereocenters. The van der Waals surface area contributed by atoms with Gasteiger partial charge in [0.25, 0.3) is 0 Å². The monoisotopic (exact) mass is 384 g/mol. The minimum atomic E-state index is -0.116. The van der Waals surface area contributed by atoms with Gasteiger partial charge in [0.2, 0.25) is 5.91 Å². The van der Waals surface area contributed by atoms with Crippen molar-refractivity contribution in [2.24, 2.45) is 5.92 Å². The lowest BCUT2D eigenvalue weighted by atomic mass is 9.88. The summed E-state index contributed by atoms with van der Waals surface area (Å²) < 4.78 is 0. The van der Waals surface area contributed by atoms with E-state index in [9.17, 15) is 4.79 Å². The number of amides is 1. The van der Waals surface area contributed by atoms with Crippen LogP contribution in [0.2, 0.25) is 5.02 Å². The Morgan fingerprint density at radius 2 is 2.08 bits per heavy atom. The zero-order valence-corrected chi connectivity index (χ0v) is 15.8. The number of carbonyl (C=O) groups is 1. The van der Waals surface area contributed by atoms with Gasteiger partial charge < -0.3 is 10.2 Å². The molecule has 0 radical (unpaired) electrons. The number of rotatable bonds is 3. The second-order valence-electron chi connectivity index (χ2n) is 7.15. The molecule has 3 fully saturated rings. The third-order valence-corrected chi connectivity index (χ3v) is 6.09. The van der Waals surface area contributed by atoms with Crippen LogP contribution in [0, 0.1) is 5.92 Å². The van der Waals surface area contributed by atoms with Crippen molar-refractivity contribution < 1.29 is 4.79 Å². The van der Waals surface area contributed by atoms with Crippen molar-refractivity contribution in [2.75, 3.05) is 19.6 Å². The van der Waals surface area contributed by atoms with Crippen LogP contribution >= 0.6 is 24.0 Å². The normalized spacial score (nSPS) is 31.5. The molecule has 3 saturated heterocycles. The largest absolute Gasteiger partial charge is 0.338 e. The lowest BCUT2D eigenvalue weighted by molar-refractivity contribution is -0.135. The molecule has 0 aromatic heterocycles. The van der Waals surface area contributed by atoms with Gasteiger partial charge in [-0.2, -0.15) is 0 Å². The minimum absolute atomic E-state index is 0. The van der Waals surface area contributed by atoms with E-state index in [1.165, 1.54) is 0 Å². The van der Waals surface area contributed by atoms with E-state index < -0.39 is 0 Å². The van der Waals surface area contributed by atoms with Crippen LogP contribution in [-0.2, 0) is 11.2 Å². The number of nitrogens with zero attached hydrogens (tertiary/aromatic N) is 1. The van der Waals surface area contributed by atoms with E-state index in [4.69, 9.17) is 11.6 Å². The third-order valence-electron chi connectivity index (χ3n) is 5.72. The van der Waals surface area contributed by atoms with Crippen molar-refractivity contribution in [3.05, 3.63) is 34.9 Å². The molecule has 3 heterocycles. The zero-order valence-electron chi connectivity index (χ0n) is 14.2. The lowest BCUT2D eigenvalue weighted by Gasteiger charge is -2.32. The maximum Gasteiger partial charge on any atom is 0.241 e. The van der Waals surface area contributed by atoms with Gasteiger partial charge in [0, 0.05) is 36.1 Å². The Morgan fingerprint density at radius 3 is 2.92 bits per heavy atom. The SMILES string of the molecule is Cl.O=C(C1NNC2CCNCC21)N1CCCC1Cc1ccccc1Cl. The van der Waals surface area contributed by atoms with Gasteiger partial charge in [-0.15, -0.1) is 12.4 Å². The van der Waals surface area contributed by atoms with Gasteiger partial charge in [0.15, 0.2) is 0 Å². The molecule has 0 spiro atoms. The average molecular weight is 385 g/mol. The number of piperidine rings is 1. The number of carbonyl (C=O) groups excluding carboxylic acids is 1. The molecule has 0 bridgehead atoms. The van der Waals surface area contributed by atoms with Crippen molar-refractivity contribution in [2.45, 2.75) is 43.8 Å². The predicted octanol–water partition coefficient (Wildman–Crippen LogP) is 1.75. The first-order valence-corrected chi connectivity index (χ1v) is 9.37. The second kappa shape index (κ2) is 8.23. The van der Waals surface area contributed by atoms with E-state index in [0.29, 0.717) is 12.0 Å². The van der Waals surface area contributed by atoms with Crippen molar-refractivity contribution in [3.63, 3.8) is 0 Å². The van der Waals surface area contributed by atoms with Crippen LogP contribution in [0.25, 0.3) is 0 Å². The van der Waals surface area contributed by atoms with E-state index in [-0.39, 0.29) is 30.4 Å². The molecular weight excluding hydrogens is 359 g/mol. The third kappa shape index (κ3) is 3.81. The van der Waals surface area contributed by atoms with Gasteiger partial charge in [0.05, 0.1) is 0 Å². The molecule has 5 nitrogen and oxygen atoms in total. The molecule has 3 aliphatic heterocycles. The summed E-state index contributed by atoms with van der Waals surface area (Å²) in [5, 5.41) is 4.22. The van der Waals surface area contributed by atoms with E-state index in [1.54, 1.807) is 0 Å². The fourth-order valence-corrected chi connectivity index (χ4v) is 4.61. The van der Waals surface area contributed by atoms with Crippen molar-refractivity contribution in [3.8, 4) is 0 Å². The molecule has 0 aliphatic carbocycles. The minimum Gasteiger partial charge on any atom is -0.338 e. The fourth-order valence-electron chi connectivity index (χ4n) is 4.40. The number of hydrogen-bond donors (Lipinski definition) is 3. The van der Waals surface area contributed by atoms with Gasteiger partial charge in [-0.3, -0.25) is 10.2 Å². The molecule has 4 rings (SSSR count). The number of halogens is 2. The summed E-state index contributed by atoms with van der Waals surface area (Å²) in [4.78, 5) is 15.2. The van der Waals surface area contributed by atoms with Gasteiger partial charge >= 0.3 is 0 Å². The van der Waals surface area contributed by atoms with Crippen LogP contribution in [-0.4, -0.2) is 48.6 Å². The van der Waals surface area contributed by atoms with Gasteiger partial charge in [-0.25, -0.2) is 5.43 Å². The van der Waals surface area contributed by atoms with Crippen LogP contribution in [0.5, 0.6) is 0 Å². The van der Waals surface area contributed by atoms with Crippen molar-refractivity contribution in [1.29, 1.82) is 0 Å². The van der Waals surface area contributed by atoms with Crippen LogP contribution in [0.15, 0.2) is 24.3 Å². The summed E-state index contributed by atoms with van der Waals surface area (Å²) in [6.07, 6.45) is 4.05. The number of hydrazine groups is 1. The number of fused-ring (bicyclic) bond motifs is 1. The number of benzene rings is 1. The highest BCUT2D eigenvalue weighted by atomic mass is 35.5. The van der Waals surface area contributed by atoms with E-state index >= 15 is 0 Å². The van der Waals surface area contributed by atoms with E-state index in [0.717, 1.165) is 55.9 Å². The van der Waals surface area contributed by atoms with E-state index in [2.05, 4.69) is 27.1 Å². The average Bonchev–Trinajstić information content (AvgIpc) is 3.23. The van der Waals surface area contributed by atoms with Gasteiger partial charge in [0.1, 0.15) is 6.04 Å². The smallest absolute Gasteiger partial charge is 0.241 e. The molecule has 7 heteroatoms. The fraction of sp³-hybridized carbons (Fsp3) is 0.611. The highest BCUT2D eigenvalue weighted by Gasteiger charge is 2.44. The highest BCUT2D eigenvalue weighted by Crippen LogP contribution is 2.28. The number of nitrogens with one attached hydrogen (secondary N) is 3. The summed E-state index contributed by atoms with van der Waals surface area (Å²) in [6, 6.07) is 8.52. The Balaban J connectivity index is 0.00000182. The topological polar surface area (TPSA) is 56.4 Å². The van der Waals surface area contributed by atoms with Crippen LogP contribution in [0.4, 0.5) is 0 Å². The molecule has 0 saturated carbocycles. The summed E-state index contributed by atoms with van der Waals surface area (Å²) in [5.74, 6) is 0.584. The quantitative estimate of drug-likeness (QED) is 0.742. The lowest BCUT2D eigenvalue weighted by Crippen LogP contribution is -2.52. The Bertz CT molecular complexity index is 614. The van der Waals surface area contributed by atoms with Crippen molar-refractivity contribution in [1.82, 2.24) is 21.1 Å². The molecule has 25 heavy (non-hydrogen) atoms. The van der Waals surface area contributed by atoms with Gasteiger partial charge in [-0.05, 0) is 43.9 Å². The van der Waals surface area contributed by atoms with Crippen LogP contribution < -0.4 is 16.2 Å². The Morgan fingerprint density at radius 1 is 1.24 bits per heavy atom. The molecule has 3 aliphatic rings. The molecular formula is C18H26Cl2N4O. The number of likely N-dealkylation sites (tertiary alicyclic amines) is 1. The molecule has 4 atom stereocenters. The predicted molar refractivity (Wildman–Crippen MR) is 102 cm³/mol. The molecule has 3 N–H and O–H groups in total. The van der Waals surface area contributed by atoms with Crippen LogP contribution in [0.3, 0.4) is 0 Å². The first-order valence-electron chi connectivity index (χ1n) is 8.99. The first-order chi connectivity index (χ1) is 11.7. The second-order valence-corrected chi connectivity index (χ2v) is 7.56. The summed E-state index contributed by atoms with van der Waals surface area (Å²) in [7, 11) is 0. The number of hydrogen-bond acceptors (Lipinski definition) is 4. The highest BCUT2D eigenvalue weighted by molar-refractivity contribution is 6.31. The first kappa shape index (κ1) is 18.9.